The van der Waals surface area contributed by atoms with E-state index in [1.54, 1.807) is 0 Å². The van der Waals surface area contributed by atoms with Crippen molar-refractivity contribution >= 4 is 0 Å². The molecule has 2 nitrogen and oxygen atoms in total. The van der Waals surface area contributed by atoms with Crippen LogP contribution < -0.4 is 0 Å². The largest absolute Gasteiger partial charge is 0.394 e. The Morgan fingerprint density at radius 1 is 1.50 bits per heavy atom. The van der Waals surface area contributed by atoms with Crippen molar-refractivity contribution in [3.63, 3.8) is 0 Å². The molecule has 1 saturated carbocycles. The van der Waals surface area contributed by atoms with Crippen LogP contribution in [0.2, 0.25) is 0 Å². The van der Waals surface area contributed by atoms with Crippen molar-refractivity contribution in [2.75, 3.05) is 13.2 Å². The van der Waals surface area contributed by atoms with E-state index < -0.39 is 0 Å². The third-order valence-corrected chi connectivity index (χ3v) is 2.90. The molecule has 1 aliphatic heterocycles. The maximum atomic E-state index is 8.79. The van der Waals surface area contributed by atoms with Gasteiger partial charge in [0.1, 0.15) is 0 Å². The van der Waals surface area contributed by atoms with Crippen molar-refractivity contribution in [2.45, 2.75) is 31.8 Å². The first-order valence-corrected chi connectivity index (χ1v) is 4.07. The van der Waals surface area contributed by atoms with Crippen LogP contribution in [0.1, 0.15) is 25.7 Å². The predicted octanol–water partition coefficient (Wildman–Crippen LogP) is 0.938. The van der Waals surface area contributed by atoms with Gasteiger partial charge in [0, 0.05) is 0 Å². The molecule has 2 rings (SSSR count). The van der Waals surface area contributed by atoms with E-state index in [1.165, 1.54) is 19.3 Å². The maximum absolute atomic E-state index is 8.79. The van der Waals surface area contributed by atoms with Crippen molar-refractivity contribution in [1.29, 1.82) is 0 Å². The first kappa shape index (κ1) is 6.62. The van der Waals surface area contributed by atoms with E-state index in [0.717, 1.165) is 13.0 Å². The number of rotatable bonds is 1. The monoisotopic (exact) mass is 142 g/mol. The predicted molar refractivity (Wildman–Crippen MR) is 37.7 cm³/mol. The second kappa shape index (κ2) is 2.21. The molecule has 58 valence electrons. The molecule has 10 heavy (non-hydrogen) atoms. The Balaban J connectivity index is 1.92. The number of hydrogen-bond donors (Lipinski definition) is 1. The average Bonchev–Trinajstić information content (AvgIpc) is 2.29. The highest BCUT2D eigenvalue weighted by atomic mass is 16.5. The normalized spacial score (nSPS) is 36.3. The molecule has 0 unspecified atom stereocenters. The highest BCUT2D eigenvalue weighted by Gasteiger charge is 2.44. The molecule has 1 heterocycles. The van der Waals surface area contributed by atoms with Gasteiger partial charge in [-0.25, -0.2) is 0 Å². The molecule has 1 aliphatic carbocycles. The van der Waals surface area contributed by atoms with Crippen LogP contribution in [0.4, 0.5) is 0 Å². The molecule has 2 fully saturated rings. The Hall–Kier alpha value is -0.0800. The summed E-state index contributed by atoms with van der Waals surface area (Å²) in [5.74, 6) is 0. The zero-order valence-corrected chi connectivity index (χ0v) is 6.18. The molecule has 2 aliphatic rings. The molecule has 0 aromatic carbocycles. The van der Waals surface area contributed by atoms with E-state index in [-0.39, 0.29) is 12.7 Å². The van der Waals surface area contributed by atoms with Crippen molar-refractivity contribution < 1.29 is 9.84 Å². The van der Waals surface area contributed by atoms with Crippen LogP contribution in [0.5, 0.6) is 0 Å². The molecule has 0 bridgehead atoms. The van der Waals surface area contributed by atoms with E-state index in [4.69, 9.17) is 9.84 Å². The van der Waals surface area contributed by atoms with Gasteiger partial charge in [0.2, 0.25) is 0 Å². The average molecular weight is 142 g/mol. The molecule has 0 amide bonds. The Morgan fingerprint density at radius 2 is 2.30 bits per heavy atom. The minimum atomic E-state index is 0.153. The van der Waals surface area contributed by atoms with Gasteiger partial charge in [0.05, 0.1) is 19.3 Å². The molecule has 1 atom stereocenters. The van der Waals surface area contributed by atoms with E-state index in [1.807, 2.05) is 0 Å². The molecule has 0 aromatic heterocycles. The second-order valence-corrected chi connectivity index (χ2v) is 3.67. The van der Waals surface area contributed by atoms with Gasteiger partial charge in [-0.3, -0.25) is 0 Å². The quantitative estimate of drug-likeness (QED) is 0.590. The lowest BCUT2D eigenvalue weighted by Gasteiger charge is -2.36. The number of ether oxygens (including phenoxy) is 1. The minimum Gasteiger partial charge on any atom is -0.394 e. The summed E-state index contributed by atoms with van der Waals surface area (Å²) < 4.78 is 5.41. The van der Waals surface area contributed by atoms with Gasteiger partial charge in [-0.1, -0.05) is 6.42 Å². The summed E-state index contributed by atoms with van der Waals surface area (Å²) in [6.07, 6.45) is 5.26. The topological polar surface area (TPSA) is 29.5 Å². The number of hydrogen-bond acceptors (Lipinski definition) is 2. The van der Waals surface area contributed by atoms with E-state index in [2.05, 4.69) is 0 Å². The van der Waals surface area contributed by atoms with Crippen molar-refractivity contribution in [3.8, 4) is 0 Å². The fraction of sp³-hybridized carbons (Fsp3) is 1.00. The van der Waals surface area contributed by atoms with Crippen molar-refractivity contribution in [2.24, 2.45) is 5.41 Å². The number of aliphatic hydroxyl groups is 1. The zero-order chi connectivity index (χ0) is 7.03. The summed E-state index contributed by atoms with van der Waals surface area (Å²) >= 11 is 0. The Kier molecular flexibility index (Phi) is 1.46. The molecule has 0 aromatic rings. The van der Waals surface area contributed by atoms with Gasteiger partial charge in [-0.05, 0) is 24.7 Å². The maximum Gasteiger partial charge on any atom is 0.0812 e. The van der Waals surface area contributed by atoms with Crippen LogP contribution in [0.25, 0.3) is 0 Å². The Labute approximate surface area is 61.2 Å². The van der Waals surface area contributed by atoms with Gasteiger partial charge >= 0.3 is 0 Å². The molecule has 0 radical (unpaired) electrons. The fourth-order valence-electron chi connectivity index (χ4n) is 2.04. The third-order valence-electron chi connectivity index (χ3n) is 2.90. The van der Waals surface area contributed by atoms with Crippen molar-refractivity contribution in [3.05, 3.63) is 0 Å². The summed E-state index contributed by atoms with van der Waals surface area (Å²) in [5.41, 5.74) is 0.507. The van der Waals surface area contributed by atoms with Gasteiger partial charge in [-0.15, -0.1) is 0 Å². The van der Waals surface area contributed by atoms with Crippen LogP contribution in [-0.4, -0.2) is 24.4 Å². The molecular formula is C8H14O2. The lowest BCUT2D eigenvalue weighted by molar-refractivity contribution is 0.0430. The van der Waals surface area contributed by atoms with Crippen LogP contribution in [0.15, 0.2) is 0 Å². The van der Waals surface area contributed by atoms with E-state index in [0.29, 0.717) is 5.41 Å². The number of aliphatic hydroxyl groups excluding tert-OH is 1. The SMILES string of the molecule is OC[C@H]1CC2(CCC2)CO1. The highest BCUT2D eigenvalue weighted by Crippen LogP contribution is 2.48. The Bertz CT molecular complexity index is 129. The summed E-state index contributed by atoms with van der Waals surface area (Å²) in [6, 6.07) is 0. The van der Waals surface area contributed by atoms with Crippen LogP contribution in [0.3, 0.4) is 0 Å². The highest BCUT2D eigenvalue weighted by molar-refractivity contribution is 4.93. The Morgan fingerprint density at radius 3 is 2.60 bits per heavy atom. The summed E-state index contributed by atoms with van der Waals surface area (Å²) in [7, 11) is 0. The standard InChI is InChI=1S/C8H14O2/c9-5-7-4-8(6-10-7)2-1-3-8/h7,9H,1-6H2/t7-/m1/s1. The van der Waals surface area contributed by atoms with E-state index in [9.17, 15) is 0 Å². The molecule has 1 saturated heterocycles. The summed E-state index contributed by atoms with van der Waals surface area (Å²) in [4.78, 5) is 0. The second-order valence-electron chi connectivity index (χ2n) is 3.67. The third kappa shape index (κ3) is 0.867. The molecular weight excluding hydrogens is 128 g/mol. The van der Waals surface area contributed by atoms with Gasteiger partial charge in [-0.2, -0.15) is 0 Å². The first-order chi connectivity index (χ1) is 4.85. The molecule has 1 N–H and O–H groups in total. The zero-order valence-electron chi connectivity index (χ0n) is 6.18. The summed E-state index contributed by atoms with van der Waals surface area (Å²) in [6.45, 7) is 1.11. The minimum absolute atomic E-state index is 0.153. The molecule has 1 spiro atoms. The first-order valence-electron chi connectivity index (χ1n) is 4.07. The van der Waals surface area contributed by atoms with Crippen molar-refractivity contribution in [1.82, 2.24) is 0 Å². The smallest absolute Gasteiger partial charge is 0.0812 e. The van der Waals surface area contributed by atoms with Gasteiger partial charge in [0.25, 0.3) is 0 Å². The van der Waals surface area contributed by atoms with Gasteiger partial charge < -0.3 is 9.84 Å². The van der Waals surface area contributed by atoms with E-state index >= 15 is 0 Å². The van der Waals surface area contributed by atoms with Crippen LogP contribution in [0, 0.1) is 5.41 Å². The molecule has 2 heteroatoms. The lowest BCUT2D eigenvalue weighted by Crippen LogP contribution is -2.29. The summed E-state index contributed by atoms with van der Waals surface area (Å²) in [5, 5.41) is 8.79. The fourth-order valence-corrected chi connectivity index (χ4v) is 2.04. The van der Waals surface area contributed by atoms with Crippen LogP contribution >= 0.6 is 0 Å². The van der Waals surface area contributed by atoms with Gasteiger partial charge in [0.15, 0.2) is 0 Å². The lowest BCUT2D eigenvalue weighted by atomic mass is 9.68. The van der Waals surface area contributed by atoms with Crippen LogP contribution in [-0.2, 0) is 4.74 Å².